The molecule has 5 nitrogen and oxygen atoms in total. The van der Waals surface area contributed by atoms with Crippen molar-refractivity contribution in [2.24, 2.45) is 0 Å². The zero-order valence-electron chi connectivity index (χ0n) is 15.3. The molecule has 0 saturated heterocycles. The Morgan fingerprint density at radius 2 is 1.73 bits per heavy atom. The zero-order chi connectivity index (χ0) is 18.4. The summed E-state index contributed by atoms with van der Waals surface area (Å²) in [6, 6.07) is 16.1. The molecule has 0 atom stereocenters. The quantitative estimate of drug-likeness (QED) is 0.554. The Morgan fingerprint density at radius 1 is 0.962 bits per heavy atom. The van der Waals surface area contributed by atoms with Crippen molar-refractivity contribution in [3.63, 3.8) is 0 Å². The SMILES string of the molecule is CCn1c(SCCc2ccc(OC)cc2)nnc1-c1ccccc1OC. The van der Waals surface area contributed by atoms with Crippen molar-refractivity contribution in [3.8, 4) is 22.9 Å². The van der Waals surface area contributed by atoms with Crippen LogP contribution in [-0.2, 0) is 13.0 Å². The van der Waals surface area contributed by atoms with E-state index in [9.17, 15) is 0 Å². The maximum absolute atomic E-state index is 5.47. The molecule has 3 rings (SSSR count). The van der Waals surface area contributed by atoms with Gasteiger partial charge < -0.3 is 14.0 Å². The monoisotopic (exact) mass is 369 g/mol. The van der Waals surface area contributed by atoms with Crippen LogP contribution in [0.1, 0.15) is 12.5 Å². The summed E-state index contributed by atoms with van der Waals surface area (Å²) in [5.41, 5.74) is 2.25. The van der Waals surface area contributed by atoms with Crippen LogP contribution in [0.2, 0.25) is 0 Å². The number of aromatic nitrogens is 3. The number of para-hydroxylation sites is 1. The lowest BCUT2D eigenvalue weighted by Gasteiger charge is -2.10. The molecule has 2 aromatic carbocycles. The second-order valence-corrected chi connectivity index (χ2v) is 6.76. The third kappa shape index (κ3) is 4.02. The minimum absolute atomic E-state index is 0.810. The van der Waals surface area contributed by atoms with Crippen molar-refractivity contribution in [2.45, 2.75) is 25.0 Å². The largest absolute Gasteiger partial charge is 0.497 e. The Hall–Kier alpha value is -2.47. The molecule has 0 aliphatic rings. The molecule has 0 N–H and O–H groups in total. The Bertz CT molecular complexity index is 847. The molecular weight excluding hydrogens is 346 g/mol. The first-order valence-corrected chi connectivity index (χ1v) is 9.57. The molecular formula is C20H23N3O2S. The molecule has 136 valence electrons. The lowest BCUT2D eigenvalue weighted by molar-refractivity contribution is 0.414. The highest BCUT2D eigenvalue weighted by molar-refractivity contribution is 7.99. The van der Waals surface area contributed by atoms with E-state index in [-0.39, 0.29) is 0 Å². The highest BCUT2D eigenvalue weighted by Crippen LogP contribution is 2.31. The average molecular weight is 369 g/mol. The van der Waals surface area contributed by atoms with Gasteiger partial charge in [0, 0.05) is 12.3 Å². The van der Waals surface area contributed by atoms with Crippen molar-refractivity contribution in [3.05, 3.63) is 54.1 Å². The average Bonchev–Trinajstić information content (AvgIpc) is 3.11. The van der Waals surface area contributed by atoms with Crippen LogP contribution < -0.4 is 9.47 Å². The van der Waals surface area contributed by atoms with E-state index in [2.05, 4.69) is 33.8 Å². The number of benzene rings is 2. The van der Waals surface area contributed by atoms with Gasteiger partial charge in [-0.15, -0.1) is 10.2 Å². The lowest BCUT2D eigenvalue weighted by atomic mass is 10.2. The molecule has 6 heteroatoms. The van der Waals surface area contributed by atoms with Gasteiger partial charge in [-0.05, 0) is 43.2 Å². The summed E-state index contributed by atoms with van der Waals surface area (Å²) in [5, 5.41) is 9.74. The van der Waals surface area contributed by atoms with Crippen LogP contribution in [0.3, 0.4) is 0 Å². The van der Waals surface area contributed by atoms with Gasteiger partial charge in [-0.25, -0.2) is 0 Å². The molecule has 0 bridgehead atoms. The number of hydrogen-bond acceptors (Lipinski definition) is 5. The fourth-order valence-electron chi connectivity index (χ4n) is 2.76. The van der Waals surface area contributed by atoms with Crippen molar-refractivity contribution >= 4 is 11.8 Å². The number of thioether (sulfide) groups is 1. The molecule has 0 saturated carbocycles. The van der Waals surface area contributed by atoms with Crippen LogP contribution in [0, 0.1) is 0 Å². The third-order valence-electron chi connectivity index (χ3n) is 4.16. The van der Waals surface area contributed by atoms with Crippen molar-refractivity contribution in [1.82, 2.24) is 14.8 Å². The maximum atomic E-state index is 5.47. The molecule has 3 aromatic rings. The number of methoxy groups -OCH3 is 2. The van der Waals surface area contributed by atoms with Gasteiger partial charge >= 0.3 is 0 Å². The molecule has 0 aliphatic heterocycles. The Morgan fingerprint density at radius 3 is 2.42 bits per heavy atom. The summed E-state index contributed by atoms with van der Waals surface area (Å²) in [6.45, 7) is 2.92. The Balaban J connectivity index is 1.71. The first kappa shape index (κ1) is 18.3. The highest BCUT2D eigenvalue weighted by atomic mass is 32.2. The third-order valence-corrected chi connectivity index (χ3v) is 5.13. The van der Waals surface area contributed by atoms with Crippen LogP contribution in [0.15, 0.2) is 53.7 Å². The predicted octanol–water partition coefficient (Wildman–Crippen LogP) is 4.32. The van der Waals surface area contributed by atoms with Gasteiger partial charge in [0.1, 0.15) is 11.5 Å². The fourth-order valence-corrected chi connectivity index (χ4v) is 3.75. The highest BCUT2D eigenvalue weighted by Gasteiger charge is 2.16. The van der Waals surface area contributed by atoms with Crippen molar-refractivity contribution in [1.29, 1.82) is 0 Å². The van der Waals surface area contributed by atoms with E-state index in [1.807, 2.05) is 36.4 Å². The summed E-state index contributed by atoms with van der Waals surface area (Å²) >= 11 is 1.72. The summed E-state index contributed by atoms with van der Waals surface area (Å²) < 4.78 is 12.8. The second kappa shape index (κ2) is 8.76. The van der Waals surface area contributed by atoms with Gasteiger partial charge in [0.2, 0.25) is 0 Å². The van der Waals surface area contributed by atoms with Crippen LogP contribution in [0.25, 0.3) is 11.4 Å². The summed E-state index contributed by atoms with van der Waals surface area (Å²) in [5.74, 6) is 3.48. The standard InChI is InChI=1S/C20H23N3O2S/c1-4-23-19(17-7-5-6-8-18(17)25-3)21-22-20(23)26-14-13-15-9-11-16(24-2)12-10-15/h5-12H,4,13-14H2,1-3H3. The number of ether oxygens (including phenoxy) is 2. The second-order valence-electron chi connectivity index (χ2n) is 5.70. The molecule has 0 radical (unpaired) electrons. The minimum Gasteiger partial charge on any atom is -0.497 e. The van der Waals surface area contributed by atoms with Gasteiger partial charge in [-0.1, -0.05) is 36.0 Å². The molecule has 0 amide bonds. The lowest BCUT2D eigenvalue weighted by Crippen LogP contribution is -2.01. The summed E-state index contributed by atoms with van der Waals surface area (Å²) in [7, 11) is 3.36. The Labute approximate surface area is 158 Å². The molecule has 1 aromatic heterocycles. The number of nitrogens with zero attached hydrogens (tertiary/aromatic N) is 3. The first-order chi connectivity index (χ1) is 12.8. The van der Waals surface area contributed by atoms with Crippen LogP contribution in [0.5, 0.6) is 11.5 Å². The number of aryl methyl sites for hydroxylation is 1. The smallest absolute Gasteiger partial charge is 0.191 e. The van der Waals surface area contributed by atoms with E-state index >= 15 is 0 Å². The van der Waals surface area contributed by atoms with E-state index < -0.39 is 0 Å². The zero-order valence-corrected chi connectivity index (χ0v) is 16.1. The van der Waals surface area contributed by atoms with Gasteiger partial charge in [0.05, 0.1) is 19.8 Å². The molecule has 1 heterocycles. The number of rotatable bonds is 8. The predicted molar refractivity (Wildman–Crippen MR) is 105 cm³/mol. The summed E-state index contributed by atoms with van der Waals surface area (Å²) in [4.78, 5) is 0. The van der Waals surface area contributed by atoms with Gasteiger partial charge in [0.15, 0.2) is 11.0 Å². The van der Waals surface area contributed by atoms with E-state index in [1.54, 1.807) is 26.0 Å². The van der Waals surface area contributed by atoms with E-state index in [4.69, 9.17) is 9.47 Å². The van der Waals surface area contributed by atoms with Crippen LogP contribution in [0.4, 0.5) is 0 Å². The number of hydrogen-bond donors (Lipinski definition) is 0. The fraction of sp³-hybridized carbons (Fsp3) is 0.300. The van der Waals surface area contributed by atoms with E-state index in [1.165, 1.54) is 5.56 Å². The molecule has 0 aliphatic carbocycles. The van der Waals surface area contributed by atoms with Crippen molar-refractivity contribution in [2.75, 3.05) is 20.0 Å². The Kier molecular flexibility index (Phi) is 6.17. The van der Waals surface area contributed by atoms with E-state index in [0.29, 0.717) is 0 Å². The van der Waals surface area contributed by atoms with Crippen LogP contribution >= 0.6 is 11.8 Å². The first-order valence-electron chi connectivity index (χ1n) is 8.59. The van der Waals surface area contributed by atoms with E-state index in [0.717, 1.165) is 46.8 Å². The van der Waals surface area contributed by atoms with Gasteiger partial charge in [-0.2, -0.15) is 0 Å². The minimum atomic E-state index is 0.810. The maximum Gasteiger partial charge on any atom is 0.191 e. The summed E-state index contributed by atoms with van der Waals surface area (Å²) in [6.07, 6.45) is 0.967. The molecule has 0 unspecified atom stereocenters. The van der Waals surface area contributed by atoms with Gasteiger partial charge in [0.25, 0.3) is 0 Å². The topological polar surface area (TPSA) is 49.2 Å². The van der Waals surface area contributed by atoms with Crippen molar-refractivity contribution < 1.29 is 9.47 Å². The molecule has 26 heavy (non-hydrogen) atoms. The molecule has 0 fully saturated rings. The van der Waals surface area contributed by atoms with Crippen LogP contribution in [-0.4, -0.2) is 34.7 Å². The molecule has 0 spiro atoms. The van der Waals surface area contributed by atoms with Gasteiger partial charge in [-0.3, -0.25) is 0 Å². The normalized spacial score (nSPS) is 10.7.